The fraction of sp³-hybridized carbons (Fsp3) is 0.316. The first-order valence-electron chi connectivity index (χ1n) is 7.84. The lowest BCUT2D eigenvalue weighted by molar-refractivity contribution is -0.145. The summed E-state index contributed by atoms with van der Waals surface area (Å²) in [6, 6.07) is 11.2. The van der Waals surface area contributed by atoms with E-state index >= 15 is 0 Å². The van der Waals surface area contributed by atoms with Crippen LogP contribution in [-0.4, -0.2) is 35.4 Å². The zero-order chi connectivity index (χ0) is 17.5. The largest absolute Gasteiger partial charge is 0.469 e. The van der Waals surface area contributed by atoms with Crippen molar-refractivity contribution in [3.8, 4) is 0 Å². The molecule has 0 aliphatic carbocycles. The average molecular weight is 326 g/mol. The first kappa shape index (κ1) is 17.7. The maximum absolute atomic E-state index is 12.9. The number of benzene rings is 1. The van der Waals surface area contributed by atoms with Gasteiger partial charge in [0, 0.05) is 31.0 Å². The van der Waals surface area contributed by atoms with E-state index in [9.17, 15) is 9.59 Å². The Labute approximate surface area is 142 Å². The average Bonchev–Trinajstić information content (AvgIpc) is 2.60. The van der Waals surface area contributed by atoms with Gasteiger partial charge in [-0.3, -0.25) is 14.6 Å². The molecule has 0 N–H and O–H groups in total. The maximum atomic E-state index is 12.9. The van der Waals surface area contributed by atoms with E-state index < -0.39 is 5.92 Å². The molecule has 2 aromatic rings. The van der Waals surface area contributed by atoms with Crippen LogP contribution in [0.2, 0.25) is 0 Å². The number of aryl methyl sites for hydroxylation is 1. The number of amides is 1. The van der Waals surface area contributed by atoms with Crippen molar-refractivity contribution in [2.24, 2.45) is 5.92 Å². The minimum Gasteiger partial charge on any atom is -0.469 e. The zero-order valence-electron chi connectivity index (χ0n) is 14.2. The summed E-state index contributed by atoms with van der Waals surface area (Å²) in [7, 11) is 1.35. The Morgan fingerprint density at radius 3 is 2.67 bits per heavy atom. The highest BCUT2D eigenvalue weighted by Gasteiger charge is 2.23. The third kappa shape index (κ3) is 4.65. The molecule has 0 spiro atoms. The van der Waals surface area contributed by atoms with Gasteiger partial charge in [0.15, 0.2) is 0 Å². The molecule has 0 saturated carbocycles. The van der Waals surface area contributed by atoms with E-state index in [4.69, 9.17) is 4.74 Å². The van der Waals surface area contributed by atoms with Crippen LogP contribution in [0.15, 0.2) is 48.8 Å². The second-order valence-electron chi connectivity index (χ2n) is 5.84. The normalized spacial score (nSPS) is 11.6. The smallest absolute Gasteiger partial charge is 0.310 e. The Bertz CT molecular complexity index is 701. The Morgan fingerprint density at radius 2 is 2.04 bits per heavy atom. The van der Waals surface area contributed by atoms with Gasteiger partial charge >= 0.3 is 5.97 Å². The Morgan fingerprint density at radius 1 is 1.25 bits per heavy atom. The summed E-state index contributed by atoms with van der Waals surface area (Å²) < 4.78 is 4.78. The molecule has 5 heteroatoms. The van der Waals surface area contributed by atoms with Crippen LogP contribution < -0.4 is 0 Å². The van der Waals surface area contributed by atoms with Crippen LogP contribution in [-0.2, 0) is 16.1 Å². The molecule has 0 fully saturated rings. The van der Waals surface area contributed by atoms with Gasteiger partial charge in [0.25, 0.3) is 5.91 Å². The molecule has 1 aromatic heterocycles. The van der Waals surface area contributed by atoms with Crippen molar-refractivity contribution in [2.45, 2.75) is 20.4 Å². The molecule has 126 valence electrons. The van der Waals surface area contributed by atoms with E-state index in [-0.39, 0.29) is 18.4 Å². The lowest BCUT2D eigenvalue weighted by Gasteiger charge is -2.25. The number of carbonyl (C=O) groups excluding carboxylic acids is 2. The standard InChI is InChI=1S/C19H22N2O3/c1-14-6-4-8-17(10-14)18(22)21(12-15(2)19(23)24-3)13-16-7-5-9-20-11-16/h4-11,15H,12-13H2,1-3H3. The van der Waals surface area contributed by atoms with Crippen molar-refractivity contribution in [1.82, 2.24) is 9.88 Å². The molecule has 1 unspecified atom stereocenters. The molecule has 2 rings (SSSR count). The molecule has 5 nitrogen and oxygen atoms in total. The summed E-state index contributed by atoms with van der Waals surface area (Å²) in [4.78, 5) is 30.4. The summed E-state index contributed by atoms with van der Waals surface area (Å²) in [6.07, 6.45) is 3.41. The van der Waals surface area contributed by atoms with Crippen molar-refractivity contribution in [2.75, 3.05) is 13.7 Å². The first-order valence-corrected chi connectivity index (χ1v) is 7.84. The van der Waals surface area contributed by atoms with Gasteiger partial charge in [0.1, 0.15) is 0 Å². The summed E-state index contributed by atoms with van der Waals surface area (Å²) in [6.45, 7) is 4.38. The highest BCUT2D eigenvalue weighted by Crippen LogP contribution is 2.14. The van der Waals surface area contributed by atoms with Crippen molar-refractivity contribution < 1.29 is 14.3 Å². The predicted octanol–water partition coefficient (Wildman–Crippen LogP) is 2.84. The molecule has 24 heavy (non-hydrogen) atoms. The van der Waals surface area contributed by atoms with Crippen molar-refractivity contribution in [3.05, 3.63) is 65.5 Å². The number of esters is 1. The number of aromatic nitrogens is 1. The van der Waals surface area contributed by atoms with Gasteiger partial charge in [-0.15, -0.1) is 0 Å². The minimum absolute atomic E-state index is 0.113. The molecule has 0 saturated heterocycles. The molecule has 1 aromatic carbocycles. The highest BCUT2D eigenvalue weighted by atomic mass is 16.5. The third-order valence-electron chi connectivity index (χ3n) is 3.75. The van der Waals surface area contributed by atoms with Gasteiger partial charge in [-0.2, -0.15) is 0 Å². The van der Waals surface area contributed by atoms with Gasteiger partial charge in [0.05, 0.1) is 13.0 Å². The molecular weight excluding hydrogens is 304 g/mol. The van der Waals surface area contributed by atoms with E-state index in [1.807, 2.05) is 37.3 Å². The topological polar surface area (TPSA) is 59.5 Å². The molecule has 1 heterocycles. The van der Waals surface area contributed by atoms with Gasteiger partial charge < -0.3 is 9.64 Å². The number of pyridine rings is 1. The van der Waals surface area contributed by atoms with E-state index in [0.717, 1.165) is 11.1 Å². The van der Waals surface area contributed by atoms with E-state index in [1.54, 1.807) is 30.3 Å². The lowest BCUT2D eigenvalue weighted by Crippen LogP contribution is -2.37. The molecule has 0 radical (unpaired) electrons. The summed E-state index contributed by atoms with van der Waals surface area (Å²) in [5.74, 6) is -0.845. The second-order valence-corrected chi connectivity index (χ2v) is 5.84. The Kier molecular flexibility index (Phi) is 6.07. The number of hydrogen-bond donors (Lipinski definition) is 0. The maximum Gasteiger partial charge on any atom is 0.310 e. The fourth-order valence-electron chi connectivity index (χ4n) is 2.50. The van der Waals surface area contributed by atoms with Crippen LogP contribution >= 0.6 is 0 Å². The second kappa shape index (κ2) is 8.24. The number of nitrogens with zero attached hydrogens (tertiary/aromatic N) is 2. The number of carbonyl (C=O) groups is 2. The molecule has 0 bridgehead atoms. The van der Waals surface area contributed by atoms with Crippen LogP contribution in [0, 0.1) is 12.8 Å². The lowest BCUT2D eigenvalue weighted by atomic mass is 10.1. The molecule has 0 aliphatic rings. The zero-order valence-corrected chi connectivity index (χ0v) is 14.2. The summed E-state index contributed by atoms with van der Waals surface area (Å²) in [5, 5.41) is 0. The monoisotopic (exact) mass is 326 g/mol. The van der Waals surface area contributed by atoms with Crippen LogP contribution in [0.5, 0.6) is 0 Å². The number of hydrogen-bond acceptors (Lipinski definition) is 4. The Balaban J connectivity index is 2.24. The Hall–Kier alpha value is -2.69. The minimum atomic E-state index is -0.402. The van der Waals surface area contributed by atoms with E-state index in [1.165, 1.54) is 7.11 Å². The molecule has 1 atom stereocenters. The van der Waals surface area contributed by atoms with Crippen molar-refractivity contribution in [3.63, 3.8) is 0 Å². The quantitative estimate of drug-likeness (QED) is 0.766. The van der Waals surface area contributed by atoms with Gasteiger partial charge in [-0.1, -0.05) is 30.7 Å². The van der Waals surface area contributed by atoms with Crippen LogP contribution in [0.4, 0.5) is 0 Å². The van der Waals surface area contributed by atoms with Crippen LogP contribution in [0.1, 0.15) is 28.4 Å². The first-order chi connectivity index (χ1) is 11.5. The van der Waals surface area contributed by atoms with Crippen molar-refractivity contribution in [1.29, 1.82) is 0 Å². The van der Waals surface area contributed by atoms with Gasteiger partial charge in [0.2, 0.25) is 0 Å². The van der Waals surface area contributed by atoms with Crippen LogP contribution in [0.25, 0.3) is 0 Å². The molecule has 0 aliphatic heterocycles. The SMILES string of the molecule is COC(=O)C(C)CN(Cc1cccnc1)C(=O)c1cccc(C)c1. The number of methoxy groups -OCH3 is 1. The highest BCUT2D eigenvalue weighted by molar-refractivity contribution is 5.94. The van der Waals surface area contributed by atoms with E-state index in [0.29, 0.717) is 12.1 Å². The van der Waals surface area contributed by atoms with E-state index in [2.05, 4.69) is 4.98 Å². The molecular formula is C19H22N2O3. The summed E-state index contributed by atoms with van der Waals surface area (Å²) in [5.41, 5.74) is 2.54. The van der Waals surface area contributed by atoms with Gasteiger partial charge in [-0.05, 0) is 30.7 Å². The predicted molar refractivity (Wildman–Crippen MR) is 91.3 cm³/mol. The van der Waals surface area contributed by atoms with Crippen LogP contribution in [0.3, 0.4) is 0 Å². The number of rotatable bonds is 6. The van der Waals surface area contributed by atoms with Crippen molar-refractivity contribution >= 4 is 11.9 Å². The van der Waals surface area contributed by atoms with Gasteiger partial charge in [-0.25, -0.2) is 0 Å². The molecule has 1 amide bonds. The third-order valence-corrected chi connectivity index (χ3v) is 3.75. The number of ether oxygens (including phenoxy) is 1. The fourth-order valence-corrected chi connectivity index (χ4v) is 2.50. The summed E-state index contributed by atoms with van der Waals surface area (Å²) >= 11 is 0.